The van der Waals surface area contributed by atoms with Crippen molar-refractivity contribution in [2.24, 2.45) is 4.99 Å². The Balaban J connectivity index is 0.000000894. The summed E-state index contributed by atoms with van der Waals surface area (Å²) in [5.74, 6) is -0.0111. The molecule has 0 saturated heterocycles. The van der Waals surface area contributed by atoms with Gasteiger partial charge in [-0.25, -0.2) is 24.9 Å². The lowest BCUT2D eigenvalue weighted by atomic mass is 9.97. The van der Waals surface area contributed by atoms with Crippen molar-refractivity contribution in [3.8, 4) is 0 Å². The van der Waals surface area contributed by atoms with Gasteiger partial charge in [0, 0.05) is 93.7 Å². The Morgan fingerprint density at radius 2 is 0.746 bits per heavy atom. The molecule has 2 N–H and O–H groups in total. The van der Waals surface area contributed by atoms with Crippen molar-refractivity contribution in [2.45, 2.75) is 42.0 Å². The van der Waals surface area contributed by atoms with E-state index >= 15 is 0 Å². The first kappa shape index (κ1) is 64.4. The van der Waals surface area contributed by atoms with Gasteiger partial charge in [-0.3, -0.25) is 4.79 Å². The Bertz CT molecular complexity index is 2430. The Morgan fingerprint density at radius 3 is 1.01 bits per heavy atom. The average molecular weight is 1090 g/mol. The van der Waals surface area contributed by atoms with Gasteiger partial charge in [-0.1, -0.05) is 212 Å². The molecule has 0 spiro atoms. The minimum Gasteiger partial charge on any atom is -0.368 e. The van der Waals surface area contributed by atoms with Crippen LogP contribution in [0.15, 0.2) is 221 Å². The quantitative estimate of drug-likeness (QED) is 0.0706. The Hall–Kier alpha value is -6.62. The van der Waals surface area contributed by atoms with Crippen LogP contribution in [0.25, 0.3) is 0 Å². The number of ketones is 1. The number of hydrogen-bond donors (Lipinski definition) is 1. The minimum absolute atomic E-state index is 0. The zero-order valence-electron chi connectivity index (χ0n) is 37.7. The molecular weight excluding hydrogens is 1020 g/mol. The highest BCUT2D eigenvalue weighted by Crippen LogP contribution is 2.33. The number of ether oxygens (including phenoxy) is 5. The van der Waals surface area contributed by atoms with Gasteiger partial charge in [-0.05, 0) is 31.9 Å². The molecule has 0 radical (unpaired) electrons. The zero-order valence-corrected chi connectivity index (χ0v) is 40.9. The minimum atomic E-state index is -0.831. The number of hydrogen-bond acceptors (Lipinski definition) is 12. The molecule has 0 bridgehead atoms. The lowest BCUT2D eigenvalue weighted by Gasteiger charge is -2.31. The van der Waals surface area contributed by atoms with E-state index in [0.717, 1.165) is 48.0 Å². The summed E-state index contributed by atoms with van der Waals surface area (Å²) in [4.78, 5) is 32.3. The van der Waals surface area contributed by atoms with E-state index in [0.29, 0.717) is 11.9 Å². The van der Waals surface area contributed by atoms with Crippen molar-refractivity contribution in [2.75, 3.05) is 41.3 Å². The van der Waals surface area contributed by atoms with Gasteiger partial charge in [0.1, 0.15) is 0 Å². The van der Waals surface area contributed by atoms with E-state index in [9.17, 15) is 4.79 Å². The summed E-state index contributed by atoms with van der Waals surface area (Å²) >= 11 is 6.49. The van der Waals surface area contributed by atoms with Crippen molar-refractivity contribution in [3.63, 3.8) is 0 Å². The number of rotatable bonds is 12. The van der Waals surface area contributed by atoms with Crippen molar-refractivity contribution in [1.82, 2.24) is 19.9 Å². The fraction of sp³-hybridized carbons (Fsp3) is 0.193. The predicted octanol–water partition coefficient (Wildman–Crippen LogP) is 14.1. The van der Waals surface area contributed by atoms with Gasteiger partial charge in [0.15, 0.2) is 5.78 Å². The maximum Gasteiger partial charge on any atom is 0.270 e. The normalized spacial score (nSPS) is 9.69. The van der Waals surface area contributed by atoms with Gasteiger partial charge in [0.05, 0.1) is 14.7 Å². The SMILES string of the molecule is Brc1cnc(N=C(c2ccccc2)c2ccccc2)nc1.C.C.C.C.COC(OC)(c1ccccc1)c1ccccc1.COC(OC)OC.Nc1ncc(Br)cn1.O=C(c1ccccc1)c1ccccc1. The second-order valence-corrected chi connectivity index (χ2v) is 15.3. The molecule has 0 fully saturated rings. The summed E-state index contributed by atoms with van der Waals surface area (Å²) in [5, 5.41) is 0. The van der Waals surface area contributed by atoms with Gasteiger partial charge in [-0.2, -0.15) is 0 Å². The fourth-order valence-electron chi connectivity index (χ4n) is 5.94. The number of benzene rings is 6. The number of nitrogen functional groups attached to an aromatic ring is 1. The van der Waals surface area contributed by atoms with Crippen LogP contribution in [0.3, 0.4) is 0 Å². The summed E-state index contributed by atoms with van der Waals surface area (Å²) in [7, 11) is 7.85. The Morgan fingerprint density at radius 1 is 0.465 bits per heavy atom. The number of anilines is 1. The van der Waals surface area contributed by atoms with Crippen LogP contribution in [0.4, 0.5) is 11.9 Å². The van der Waals surface area contributed by atoms with Gasteiger partial charge >= 0.3 is 0 Å². The molecule has 12 nitrogen and oxygen atoms in total. The monoisotopic (exact) mass is 1090 g/mol. The molecule has 0 unspecified atom stereocenters. The van der Waals surface area contributed by atoms with Gasteiger partial charge in [0.2, 0.25) is 17.7 Å². The molecular formula is C57H68Br2N6O6. The molecule has 0 aliphatic carbocycles. The number of carbonyl (C=O) groups excluding carboxylic acids is 1. The van der Waals surface area contributed by atoms with Crippen LogP contribution in [-0.4, -0.2) is 73.5 Å². The molecule has 0 amide bonds. The standard InChI is InChI=1S/C17H12BrN3.C15H16O2.C13H10O.C4H4BrN3.C4H10O3.4CH4/c18-15-11-19-17(20-12-15)21-16(13-7-3-1-4-8-13)14-9-5-2-6-10-14;1-16-15(17-2,13-9-5-3-6-10-13)14-11-7-4-8-12-14;14-13(11-7-3-1-4-8-11)12-9-5-2-6-10-12;5-3-1-7-4(6)8-2-3;1-5-4(6-2)7-3;;;;/h1-12H;3-12H,1-2H3;1-10H;1-2H,(H2,6,7,8);4H,1-3H3;4*1H4. The number of aromatic nitrogens is 4. The van der Waals surface area contributed by atoms with Crippen LogP contribution in [-0.2, 0) is 29.5 Å². The molecule has 0 saturated carbocycles. The third-order valence-corrected chi connectivity index (χ3v) is 9.90. The van der Waals surface area contributed by atoms with E-state index in [4.69, 9.17) is 15.2 Å². The Kier molecular flexibility index (Phi) is 33.0. The van der Waals surface area contributed by atoms with E-state index in [1.165, 1.54) is 21.3 Å². The number of nitrogens with zero attached hydrogens (tertiary/aromatic N) is 5. The fourth-order valence-corrected chi connectivity index (χ4v) is 6.35. The van der Waals surface area contributed by atoms with E-state index in [1.54, 1.807) is 39.0 Å². The van der Waals surface area contributed by atoms with E-state index in [1.807, 2.05) is 182 Å². The number of aliphatic imine (C=N–C) groups is 1. The largest absolute Gasteiger partial charge is 0.368 e. The van der Waals surface area contributed by atoms with Crippen LogP contribution >= 0.6 is 31.9 Å². The summed E-state index contributed by atoms with van der Waals surface area (Å²) in [6, 6.07) is 58.6. The molecule has 71 heavy (non-hydrogen) atoms. The molecule has 8 aromatic rings. The molecule has 376 valence electrons. The van der Waals surface area contributed by atoms with E-state index in [2.05, 4.69) is 71.0 Å². The van der Waals surface area contributed by atoms with E-state index in [-0.39, 0.29) is 35.5 Å². The van der Waals surface area contributed by atoms with Crippen LogP contribution in [0.5, 0.6) is 0 Å². The second kappa shape index (κ2) is 36.3. The molecule has 0 aliphatic heterocycles. The van der Waals surface area contributed by atoms with Gasteiger partial charge < -0.3 is 29.4 Å². The highest BCUT2D eigenvalue weighted by Gasteiger charge is 2.34. The first-order valence-electron chi connectivity index (χ1n) is 20.5. The zero-order chi connectivity index (χ0) is 48.1. The van der Waals surface area contributed by atoms with Crippen LogP contribution in [0.1, 0.15) is 67.9 Å². The first-order chi connectivity index (χ1) is 32.7. The Labute approximate surface area is 438 Å². The molecule has 0 aliphatic rings. The third kappa shape index (κ3) is 21.5. The molecule has 8 rings (SSSR count). The lowest BCUT2D eigenvalue weighted by Crippen LogP contribution is -2.32. The number of methoxy groups -OCH3 is 5. The van der Waals surface area contributed by atoms with Crippen LogP contribution < -0.4 is 5.73 Å². The van der Waals surface area contributed by atoms with Crippen molar-refractivity contribution < 1.29 is 28.5 Å². The highest BCUT2D eigenvalue weighted by atomic mass is 79.9. The van der Waals surface area contributed by atoms with Gasteiger partial charge in [-0.15, -0.1) is 0 Å². The lowest BCUT2D eigenvalue weighted by molar-refractivity contribution is -0.252. The predicted molar refractivity (Wildman–Crippen MR) is 298 cm³/mol. The van der Waals surface area contributed by atoms with Crippen LogP contribution in [0.2, 0.25) is 0 Å². The molecule has 0 atom stereocenters. The maximum atomic E-state index is 11.8. The summed E-state index contributed by atoms with van der Waals surface area (Å²) < 4.78 is 26.8. The summed E-state index contributed by atoms with van der Waals surface area (Å²) in [5.41, 5.74) is 11.6. The van der Waals surface area contributed by atoms with Crippen molar-refractivity contribution in [1.29, 1.82) is 0 Å². The smallest absolute Gasteiger partial charge is 0.270 e. The number of carbonyl (C=O) groups is 1. The summed E-state index contributed by atoms with van der Waals surface area (Å²) in [6.45, 7) is -0.514. The topological polar surface area (TPSA) is 153 Å². The molecule has 14 heteroatoms. The number of halogens is 2. The highest BCUT2D eigenvalue weighted by molar-refractivity contribution is 9.10. The molecule has 6 aromatic carbocycles. The first-order valence-corrected chi connectivity index (χ1v) is 22.1. The molecule has 2 aromatic heterocycles. The number of nitrogens with two attached hydrogens (primary N) is 1. The van der Waals surface area contributed by atoms with Crippen molar-refractivity contribution >= 4 is 55.3 Å². The van der Waals surface area contributed by atoms with Gasteiger partial charge in [0.25, 0.3) is 6.48 Å². The van der Waals surface area contributed by atoms with Crippen LogP contribution in [0, 0.1) is 0 Å². The van der Waals surface area contributed by atoms with E-state index < -0.39 is 12.3 Å². The third-order valence-electron chi connectivity index (χ3n) is 9.09. The van der Waals surface area contributed by atoms with Crippen molar-refractivity contribution in [3.05, 3.63) is 249 Å². The molecule has 2 heterocycles. The maximum absolute atomic E-state index is 11.8. The summed E-state index contributed by atoms with van der Waals surface area (Å²) in [6.07, 6.45) is 6.59. The average Bonchev–Trinajstić information content (AvgIpc) is 3.40. The second-order valence-electron chi connectivity index (χ2n) is 13.5.